The van der Waals surface area contributed by atoms with Crippen LogP contribution in [0, 0.1) is 17.0 Å². The van der Waals surface area contributed by atoms with Crippen LogP contribution in [-0.2, 0) is 6.61 Å². The summed E-state index contributed by atoms with van der Waals surface area (Å²) in [5.74, 6) is 1.90. The van der Waals surface area contributed by atoms with Crippen molar-refractivity contribution in [1.29, 1.82) is 0 Å². The molecule has 38 heavy (non-hydrogen) atoms. The first-order valence-electron chi connectivity index (χ1n) is 11.5. The van der Waals surface area contributed by atoms with Gasteiger partial charge in [-0.3, -0.25) is 14.7 Å². The van der Waals surface area contributed by atoms with Crippen molar-refractivity contribution in [1.82, 2.24) is 14.8 Å². The first-order chi connectivity index (χ1) is 18.2. The lowest BCUT2D eigenvalue weighted by Gasteiger charge is -2.19. The Labute approximate surface area is 242 Å². The third-order valence-electron chi connectivity index (χ3n) is 5.48. The van der Waals surface area contributed by atoms with Gasteiger partial charge in [-0.05, 0) is 68.4 Å². The van der Waals surface area contributed by atoms with Gasteiger partial charge in [0.25, 0.3) is 0 Å². The van der Waals surface area contributed by atoms with Crippen molar-refractivity contribution in [3.63, 3.8) is 0 Å². The largest absolute Gasteiger partial charge is 0.494 e. The second-order valence-electron chi connectivity index (χ2n) is 8.12. The van der Waals surface area contributed by atoms with Crippen LogP contribution < -0.4 is 9.47 Å². The molecule has 4 aromatic rings. The van der Waals surface area contributed by atoms with Gasteiger partial charge in [0.2, 0.25) is 6.54 Å². The number of ether oxygens (including phenoxy) is 2. The number of halogens is 3. The molecule has 0 saturated carbocycles. The Morgan fingerprint density at radius 3 is 2.53 bits per heavy atom. The molecule has 0 aliphatic rings. The fourth-order valence-electron chi connectivity index (χ4n) is 3.73. The lowest BCUT2D eigenvalue weighted by molar-refractivity contribution is -0.479. The molecule has 0 bridgehead atoms. The summed E-state index contributed by atoms with van der Waals surface area (Å²) in [6.45, 7) is 4.14. The van der Waals surface area contributed by atoms with Crippen LogP contribution in [0.3, 0.4) is 0 Å². The molecular formula is C26H23BrCl2N4O4S. The van der Waals surface area contributed by atoms with E-state index in [0.717, 1.165) is 21.5 Å². The Bertz CT molecular complexity index is 1440. The number of benzene rings is 3. The maximum absolute atomic E-state index is 11.7. The molecule has 3 aromatic carbocycles. The highest BCUT2D eigenvalue weighted by molar-refractivity contribution is 9.10. The minimum Gasteiger partial charge on any atom is -0.494 e. The molecule has 0 N–H and O–H groups in total. The standard InChI is InChI=1S/C26H23BrCl2N4O4S/c1-3-36-21-9-7-20(8-10-21)33-16(2)30-31-26(33)38-25(14-32(34)35)22-12-18(27)5-11-24(22)37-15-17-4-6-19(28)13-23(17)29/h4-13,25H,3,14-15H2,1-2H3/t25-/m0/s1. The average Bonchev–Trinajstić information content (AvgIpc) is 3.24. The fourth-order valence-corrected chi connectivity index (χ4v) is 5.77. The van der Waals surface area contributed by atoms with Gasteiger partial charge in [-0.25, -0.2) is 0 Å². The van der Waals surface area contributed by atoms with Crippen molar-refractivity contribution < 1.29 is 14.4 Å². The minimum absolute atomic E-state index is 0.169. The number of aryl methyl sites for hydroxylation is 1. The first-order valence-corrected chi connectivity index (χ1v) is 14.0. The summed E-state index contributed by atoms with van der Waals surface area (Å²) >= 11 is 17.1. The van der Waals surface area contributed by atoms with Crippen molar-refractivity contribution >= 4 is 50.9 Å². The van der Waals surface area contributed by atoms with Crippen LogP contribution in [0.2, 0.25) is 10.0 Å². The molecule has 12 heteroatoms. The number of nitrogens with zero attached hydrogens (tertiary/aromatic N) is 4. The van der Waals surface area contributed by atoms with Gasteiger partial charge in [0.1, 0.15) is 29.2 Å². The number of aromatic nitrogens is 3. The van der Waals surface area contributed by atoms with E-state index in [-0.39, 0.29) is 18.1 Å². The van der Waals surface area contributed by atoms with E-state index in [1.807, 2.05) is 54.8 Å². The maximum atomic E-state index is 11.7. The van der Waals surface area contributed by atoms with E-state index in [2.05, 4.69) is 26.1 Å². The molecule has 1 atom stereocenters. The SMILES string of the molecule is CCOc1ccc(-n2c(C)nnc2S[C@@H](C[N+](=O)[O-])c2cc(Br)ccc2OCc2ccc(Cl)cc2Cl)cc1. The smallest absolute Gasteiger partial charge is 0.220 e. The van der Waals surface area contributed by atoms with Crippen LogP contribution in [0.15, 0.2) is 70.3 Å². The minimum atomic E-state index is -0.622. The van der Waals surface area contributed by atoms with Crippen LogP contribution >= 0.6 is 50.9 Å². The lowest BCUT2D eigenvalue weighted by Crippen LogP contribution is -2.13. The van der Waals surface area contributed by atoms with Gasteiger partial charge in [0, 0.05) is 36.3 Å². The highest BCUT2D eigenvalue weighted by Crippen LogP contribution is 2.41. The fraction of sp³-hybridized carbons (Fsp3) is 0.231. The molecule has 0 amide bonds. The number of rotatable bonds is 11. The van der Waals surface area contributed by atoms with Crippen LogP contribution in [0.1, 0.15) is 29.1 Å². The summed E-state index contributed by atoms with van der Waals surface area (Å²) in [5, 5.41) is 21.2. The Balaban J connectivity index is 1.66. The summed E-state index contributed by atoms with van der Waals surface area (Å²) in [6, 6.07) is 18.1. The van der Waals surface area contributed by atoms with Gasteiger partial charge in [0.15, 0.2) is 5.16 Å². The Morgan fingerprint density at radius 2 is 1.84 bits per heavy atom. The molecule has 4 rings (SSSR count). The molecule has 198 valence electrons. The summed E-state index contributed by atoms with van der Waals surface area (Å²) in [6.07, 6.45) is 0. The molecule has 0 aliphatic heterocycles. The van der Waals surface area contributed by atoms with Crippen molar-refractivity contribution in [3.05, 3.63) is 102 Å². The second kappa shape index (κ2) is 12.8. The molecule has 8 nitrogen and oxygen atoms in total. The molecule has 1 aromatic heterocycles. The van der Waals surface area contributed by atoms with Crippen molar-refractivity contribution in [2.75, 3.05) is 13.2 Å². The number of nitro groups is 1. The summed E-state index contributed by atoms with van der Waals surface area (Å²) in [4.78, 5) is 11.4. The van der Waals surface area contributed by atoms with Crippen molar-refractivity contribution in [3.8, 4) is 17.2 Å². The number of hydrogen-bond acceptors (Lipinski definition) is 7. The molecular weight excluding hydrogens is 615 g/mol. The molecule has 0 fully saturated rings. The average molecular weight is 638 g/mol. The van der Waals surface area contributed by atoms with E-state index >= 15 is 0 Å². The Hall–Kier alpha value is -2.79. The van der Waals surface area contributed by atoms with Gasteiger partial charge in [-0.1, -0.05) is 57.0 Å². The lowest BCUT2D eigenvalue weighted by atomic mass is 10.1. The summed E-state index contributed by atoms with van der Waals surface area (Å²) in [7, 11) is 0. The second-order valence-corrected chi connectivity index (χ2v) is 11.0. The third-order valence-corrected chi connectivity index (χ3v) is 7.72. The summed E-state index contributed by atoms with van der Waals surface area (Å²) < 4.78 is 14.3. The molecule has 1 heterocycles. The van der Waals surface area contributed by atoms with E-state index in [1.165, 1.54) is 11.8 Å². The van der Waals surface area contributed by atoms with E-state index in [1.54, 1.807) is 24.3 Å². The van der Waals surface area contributed by atoms with E-state index in [4.69, 9.17) is 32.7 Å². The van der Waals surface area contributed by atoms with E-state index in [9.17, 15) is 10.1 Å². The van der Waals surface area contributed by atoms with Gasteiger partial charge in [0.05, 0.1) is 6.61 Å². The van der Waals surface area contributed by atoms with Gasteiger partial charge < -0.3 is 9.47 Å². The third kappa shape index (κ3) is 6.99. The monoisotopic (exact) mass is 636 g/mol. The van der Waals surface area contributed by atoms with Crippen molar-refractivity contribution in [2.24, 2.45) is 0 Å². The highest BCUT2D eigenvalue weighted by atomic mass is 79.9. The molecule has 0 radical (unpaired) electrons. The van der Waals surface area contributed by atoms with Crippen LogP contribution in [0.5, 0.6) is 11.5 Å². The van der Waals surface area contributed by atoms with Gasteiger partial charge in [-0.15, -0.1) is 10.2 Å². The maximum Gasteiger partial charge on any atom is 0.220 e. The zero-order valence-corrected chi connectivity index (χ0v) is 24.4. The zero-order chi connectivity index (χ0) is 27.2. The highest BCUT2D eigenvalue weighted by Gasteiger charge is 2.27. The predicted molar refractivity (Wildman–Crippen MR) is 153 cm³/mol. The van der Waals surface area contributed by atoms with Crippen molar-refractivity contribution in [2.45, 2.75) is 30.9 Å². The van der Waals surface area contributed by atoms with Gasteiger partial charge in [-0.2, -0.15) is 0 Å². The number of hydrogen-bond donors (Lipinski definition) is 0. The van der Waals surface area contributed by atoms with E-state index in [0.29, 0.717) is 38.9 Å². The summed E-state index contributed by atoms with van der Waals surface area (Å²) in [5.41, 5.74) is 2.21. The normalized spacial score (nSPS) is 11.8. The molecule has 0 unspecified atom stereocenters. The molecule has 0 aliphatic carbocycles. The Kier molecular flexibility index (Phi) is 9.54. The van der Waals surface area contributed by atoms with Crippen LogP contribution in [0.4, 0.5) is 0 Å². The van der Waals surface area contributed by atoms with Crippen LogP contribution in [-0.4, -0.2) is 32.8 Å². The zero-order valence-electron chi connectivity index (χ0n) is 20.4. The molecule has 0 saturated heterocycles. The Morgan fingerprint density at radius 1 is 1.08 bits per heavy atom. The molecule has 0 spiro atoms. The quantitative estimate of drug-likeness (QED) is 0.0943. The number of thioether (sulfide) groups is 1. The van der Waals surface area contributed by atoms with Crippen LogP contribution in [0.25, 0.3) is 5.69 Å². The van der Waals surface area contributed by atoms with Gasteiger partial charge >= 0.3 is 0 Å². The first kappa shape index (κ1) is 28.2. The topological polar surface area (TPSA) is 92.3 Å². The predicted octanol–water partition coefficient (Wildman–Crippen LogP) is 7.73. The van der Waals surface area contributed by atoms with E-state index < -0.39 is 5.25 Å².